The summed E-state index contributed by atoms with van der Waals surface area (Å²) in [6, 6.07) is 6.06. The molecule has 6 heteroatoms. The minimum absolute atomic E-state index is 0.0859. The molecule has 1 N–H and O–H groups in total. The number of nitrogens with zero attached hydrogens (tertiary/aromatic N) is 3. The molecule has 0 radical (unpaired) electrons. The quantitative estimate of drug-likeness (QED) is 0.799. The molecule has 1 fully saturated rings. The van der Waals surface area contributed by atoms with Gasteiger partial charge in [0, 0.05) is 23.5 Å². The van der Waals surface area contributed by atoms with E-state index in [0.717, 1.165) is 0 Å². The first-order valence-corrected chi connectivity index (χ1v) is 8.83. The van der Waals surface area contributed by atoms with Crippen LogP contribution in [0.4, 0.5) is 0 Å². The van der Waals surface area contributed by atoms with Gasteiger partial charge < -0.3 is 5.32 Å². The highest BCUT2D eigenvalue weighted by atomic mass is 32.1. The summed E-state index contributed by atoms with van der Waals surface area (Å²) in [6.07, 6.45) is 10.1. The van der Waals surface area contributed by atoms with Crippen molar-refractivity contribution in [3.8, 4) is 0 Å². The molecule has 0 bridgehead atoms. The van der Waals surface area contributed by atoms with Crippen molar-refractivity contribution in [3.05, 3.63) is 52.7 Å². The highest BCUT2D eigenvalue weighted by molar-refractivity contribution is 7.10. The second kappa shape index (κ2) is 6.12. The summed E-state index contributed by atoms with van der Waals surface area (Å²) in [5.74, 6) is 0.944. The van der Waals surface area contributed by atoms with Gasteiger partial charge in [-0.05, 0) is 36.3 Å². The van der Waals surface area contributed by atoms with Crippen LogP contribution in [0.2, 0.25) is 0 Å². The van der Waals surface area contributed by atoms with Gasteiger partial charge in [-0.1, -0.05) is 18.9 Å². The van der Waals surface area contributed by atoms with Gasteiger partial charge in [0.05, 0.1) is 6.04 Å². The molecule has 0 aliphatic heterocycles. The zero-order valence-electron chi connectivity index (χ0n) is 12.7. The standard InChI is InChI=1S/C17H18N4OS/c22-16(13-11-21-9-4-8-18-17(21)19-13)20-15(12-5-1-2-6-12)14-7-3-10-23-14/h3-4,7-12,15H,1-2,5-6H2,(H,20,22)/t15-/m0/s1. The number of fused-ring (bicyclic) bond motifs is 1. The van der Waals surface area contributed by atoms with Crippen molar-refractivity contribution in [2.45, 2.75) is 31.7 Å². The molecule has 118 valence electrons. The number of hydrogen-bond donors (Lipinski definition) is 1. The molecule has 1 aliphatic rings. The van der Waals surface area contributed by atoms with E-state index < -0.39 is 0 Å². The van der Waals surface area contributed by atoms with Crippen LogP contribution >= 0.6 is 11.3 Å². The normalized spacial score (nSPS) is 16.7. The van der Waals surface area contributed by atoms with Gasteiger partial charge in [0.1, 0.15) is 5.69 Å². The number of hydrogen-bond acceptors (Lipinski definition) is 4. The molecule has 0 aromatic carbocycles. The van der Waals surface area contributed by atoms with Crippen molar-refractivity contribution >= 4 is 23.0 Å². The number of nitrogens with one attached hydrogen (secondary N) is 1. The maximum atomic E-state index is 12.7. The van der Waals surface area contributed by atoms with Crippen LogP contribution in [0.15, 0.2) is 42.2 Å². The van der Waals surface area contributed by atoms with Crippen LogP contribution in [0.5, 0.6) is 0 Å². The third-order valence-electron chi connectivity index (χ3n) is 4.48. The van der Waals surface area contributed by atoms with Crippen LogP contribution < -0.4 is 5.32 Å². The van der Waals surface area contributed by atoms with Gasteiger partial charge >= 0.3 is 0 Å². The molecular weight excluding hydrogens is 308 g/mol. The zero-order valence-corrected chi connectivity index (χ0v) is 13.5. The Kier molecular flexibility index (Phi) is 3.83. The predicted molar refractivity (Wildman–Crippen MR) is 89.5 cm³/mol. The second-order valence-electron chi connectivity index (χ2n) is 5.96. The van der Waals surface area contributed by atoms with Gasteiger partial charge in [-0.2, -0.15) is 0 Å². The molecule has 1 saturated carbocycles. The first-order chi connectivity index (χ1) is 11.3. The largest absolute Gasteiger partial charge is 0.343 e. The Morgan fingerprint density at radius 2 is 2.22 bits per heavy atom. The Hall–Kier alpha value is -2.21. The third kappa shape index (κ3) is 2.86. The van der Waals surface area contributed by atoms with Gasteiger partial charge in [0.2, 0.25) is 5.78 Å². The van der Waals surface area contributed by atoms with Crippen molar-refractivity contribution < 1.29 is 4.79 Å². The molecule has 4 rings (SSSR count). The Morgan fingerprint density at radius 1 is 1.35 bits per heavy atom. The molecule has 1 atom stereocenters. The Morgan fingerprint density at radius 3 is 2.96 bits per heavy atom. The summed E-state index contributed by atoms with van der Waals surface area (Å²) in [6.45, 7) is 0. The fourth-order valence-electron chi connectivity index (χ4n) is 3.33. The highest BCUT2D eigenvalue weighted by Crippen LogP contribution is 2.37. The van der Waals surface area contributed by atoms with E-state index in [-0.39, 0.29) is 11.9 Å². The molecule has 3 aromatic heterocycles. The first kappa shape index (κ1) is 14.4. The van der Waals surface area contributed by atoms with Crippen LogP contribution in [0.1, 0.15) is 47.1 Å². The van der Waals surface area contributed by atoms with E-state index in [1.54, 1.807) is 28.1 Å². The molecule has 3 aromatic rings. The average molecular weight is 326 g/mol. The Balaban J connectivity index is 1.59. The van der Waals surface area contributed by atoms with Crippen molar-refractivity contribution in [3.63, 3.8) is 0 Å². The smallest absolute Gasteiger partial charge is 0.272 e. The van der Waals surface area contributed by atoms with Gasteiger partial charge in [-0.15, -0.1) is 11.3 Å². The SMILES string of the molecule is O=C(N[C@H](c1cccs1)C1CCCC1)c1cn2cccnc2n1. The van der Waals surface area contributed by atoms with E-state index in [1.165, 1.54) is 30.6 Å². The number of thiophene rings is 1. The number of aromatic nitrogens is 3. The molecule has 1 amide bonds. The monoisotopic (exact) mass is 326 g/mol. The first-order valence-electron chi connectivity index (χ1n) is 7.95. The highest BCUT2D eigenvalue weighted by Gasteiger charge is 2.29. The number of rotatable bonds is 4. The number of amides is 1. The Labute approximate surface area is 138 Å². The van der Waals surface area contributed by atoms with E-state index in [4.69, 9.17) is 0 Å². The fourth-order valence-corrected chi connectivity index (χ4v) is 4.20. The zero-order chi connectivity index (χ0) is 15.6. The second-order valence-corrected chi connectivity index (χ2v) is 6.94. The van der Waals surface area contributed by atoms with Crippen LogP contribution in [0.25, 0.3) is 5.78 Å². The minimum Gasteiger partial charge on any atom is -0.343 e. The molecular formula is C17H18N4OS. The van der Waals surface area contributed by atoms with Crippen molar-refractivity contribution in [1.82, 2.24) is 19.7 Å². The molecule has 5 nitrogen and oxygen atoms in total. The Bertz CT molecular complexity index is 772. The van der Waals surface area contributed by atoms with E-state index in [2.05, 4.69) is 26.7 Å². The lowest BCUT2D eigenvalue weighted by Crippen LogP contribution is -2.32. The van der Waals surface area contributed by atoms with Crippen LogP contribution in [-0.2, 0) is 0 Å². The van der Waals surface area contributed by atoms with Gasteiger partial charge in [-0.25, -0.2) is 9.97 Å². The number of carbonyl (C=O) groups excluding carboxylic acids is 1. The topological polar surface area (TPSA) is 59.3 Å². The predicted octanol–water partition coefficient (Wildman–Crippen LogP) is 3.45. The summed E-state index contributed by atoms with van der Waals surface area (Å²) in [7, 11) is 0. The van der Waals surface area contributed by atoms with Crippen LogP contribution in [0.3, 0.4) is 0 Å². The van der Waals surface area contributed by atoms with Gasteiger partial charge in [0.25, 0.3) is 5.91 Å². The minimum atomic E-state index is -0.124. The molecule has 23 heavy (non-hydrogen) atoms. The molecule has 0 saturated heterocycles. The van der Waals surface area contributed by atoms with Crippen molar-refractivity contribution in [1.29, 1.82) is 0 Å². The van der Waals surface area contributed by atoms with Gasteiger partial charge in [0.15, 0.2) is 0 Å². The molecule has 0 unspecified atom stereocenters. The summed E-state index contributed by atoms with van der Waals surface area (Å²) in [5, 5.41) is 5.27. The maximum absolute atomic E-state index is 12.7. The fraction of sp³-hybridized carbons (Fsp3) is 0.353. The van der Waals surface area contributed by atoms with E-state index >= 15 is 0 Å². The lowest BCUT2D eigenvalue weighted by molar-refractivity contribution is 0.0918. The van der Waals surface area contributed by atoms with Crippen molar-refractivity contribution in [2.24, 2.45) is 5.92 Å². The number of carbonyl (C=O) groups is 1. The summed E-state index contributed by atoms with van der Waals surface area (Å²) in [4.78, 5) is 22.4. The maximum Gasteiger partial charge on any atom is 0.272 e. The molecule has 1 aliphatic carbocycles. The van der Waals surface area contributed by atoms with Crippen LogP contribution in [0, 0.1) is 5.92 Å². The summed E-state index contributed by atoms with van der Waals surface area (Å²) >= 11 is 1.71. The summed E-state index contributed by atoms with van der Waals surface area (Å²) in [5.41, 5.74) is 0.420. The van der Waals surface area contributed by atoms with E-state index in [9.17, 15) is 4.79 Å². The third-order valence-corrected chi connectivity index (χ3v) is 5.43. The lowest BCUT2D eigenvalue weighted by Gasteiger charge is -2.23. The lowest BCUT2D eigenvalue weighted by atomic mass is 9.96. The van der Waals surface area contributed by atoms with E-state index in [1.807, 2.05) is 18.3 Å². The van der Waals surface area contributed by atoms with E-state index in [0.29, 0.717) is 17.4 Å². The summed E-state index contributed by atoms with van der Waals surface area (Å²) < 4.78 is 1.77. The average Bonchev–Trinajstić information content (AvgIpc) is 3.33. The number of imidazole rings is 1. The molecule has 0 spiro atoms. The van der Waals surface area contributed by atoms with Crippen molar-refractivity contribution in [2.75, 3.05) is 0 Å². The van der Waals surface area contributed by atoms with Gasteiger partial charge in [-0.3, -0.25) is 9.20 Å². The van der Waals surface area contributed by atoms with Crippen LogP contribution in [-0.4, -0.2) is 20.3 Å². The molecule has 3 heterocycles.